The van der Waals surface area contributed by atoms with E-state index in [2.05, 4.69) is 10.5 Å². The summed E-state index contributed by atoms with van der Waals surface area (Å²) < 4.78 is 86.5. The van der Waals surface area contributed by atoms with Crippen LogP contribution in [0.3, 0.4) is 0 Å². The van der Waals surface area contributed by atoms with Crippen molar-refractivity contribution in [3.8, 4) is 5.06 Å². The average molecular weight is 604 g/mol. The first kappa shape index (κ1) is 28.3. The van der Waals surface area contributed by atoms with Gasteiger partial charge in [-0.15, -0.1) is 0 Å². The largest absolute Gasteiger partial charge is 0.435 e. The van der Waals surface area contributed by atoms with Crippen molar-refractivity contribution in [3.63, 3.8) is 0 Å². The molecular weight excluding hydrogens is 587 g/mol. The lowest BCUT2D eigenvalue weighted by Gasteiger charge is -2.29. The van der Waals surface area contributed by atoms with Gasteiger partial charge in [0.2, 0.25) is 5.91 Å². The summed E-state index contributed by atoms with van der Waals surface area (Å²) in [7, 11) is 0. The zero-order chi connectivity index (χ0) is 27.8. The van der Waals surface area contributed by atoms with Gasteiger partial charge in [0.05, 0.1) is 27.9 Å². The van der Waals surface area contributed by atoms with Crippen LogP contribution in [0.5, 0.6) is 5.06 Å². The number of carbonyl (C=O) groups excluding carboxylic acids is 2. The Morgan fingerprint density at radius 2 is 1.82 bits per heavy atom. The smallest absolute Gasteiger partial charge is 0.399 e. The molecule has 1 aliphatic carbocycles. The second-order valence-electron chi connectivity index (χ2n) is 8.35. The van der Waals surface area contributed by atoms with E-state index in [1.54, 1.807) is 0 Å². The molecule has 0 saturated carbocycles. The summed E-state index contributed by atoms with van der Waals surface area (Å²) in [6, 6.07) is 1.56. The summed E-state index contributed by atoms with van der Waals surface area (Å²) in [5, 5.41) is 6.60. The number of benzene rings is 1. The number of ether oxygens (including phenoxy) is 1. The number of hydrogen-bond acceptors (Lipinski definition) is 6. The molecule has 2 heterocycles. The number of thiophene rings is 1. The highest BCUT2D eigenvalue weighted by molar-refractivity contribution is 7.16. The van der Waals surface area contributed by atoms with Gasteiger partial charge in [-0.2, -0.15) is 13.2 Å². The fraction of sp³-hybridized carbons (Fsp3) is 0.409. The SMILES string of the molecule is O=C(CNC(=O)Oc1sc(C2=NO[C@@](c3cc(Cl)c(F)c(Cl)c3)(C(F)(F)F)C2)c2c1CCC2)NCC(F)F. The monoisotopic (exact) mass is 603 g/mol. The van der Waals surface area contributed by atoms with Gasteiger partial charge in [0.1, 0.15) is 12.3 Å². The highest BCUT2D eigenvalue weighted by Crippen LogP contribution is 2.52. The van der Waals surface area contributed by atoms with Gasteiger partial charge in [-0.05, 0) is 37.0 Å². The maximum atomic E-state index is 14.3. The molecule has 0 radical (unpaired) electrons. The molecule has 7 nitrogen and oxygen atoms in total. The van der Waals surface area contributed by atoms with E-state index < -0.39 is 71.1 Å². The van der Waals surface area contributed by atoms with Crippen molar-refractivity contribution < 1.29 is 45.5 Å². The highest BCUT2D eigenvalue weighted by Gasteiger charge is 2.63. The van der Waals surface area contributed by atoms with Crippen LogP contribution in [-0.4, -0.2) is 43.4 Å². The second-order valence-corrected chi connectivity index (χ2v) is 10.1. The van der Waals surface area contributed by atoms with E-state index >= 15 is 0 Å². The van der Waals surface area contributed by atoms with Crippen molar-refractivity contribution in [1.29, 1.82) is 0 Å². The molecule has 2 aromatic rings. The topological polar surface area (TPSA) is 89.0 Å². The zero-order valence-electron chi connectivity index (χ0n) is 19.0. The first-order chi connectivity index (χ1) is 17.8. The highest BCUT2D eigenvalue weighted by atomic mass is 35.5. The van der Waals surface area contributed by atoms with Crippen LogP contribution in [0, 0.1) is 5.82 Å². The lowest BCUT2D eigenvalue weighted by atomic mass is 9.87. The quantitative estimate of drug-likeness (QED) is 0.312. The van der Waals surface area contributed by atoms with Crippen LogP contribution < -0.4 is 15.4 Å². The molecule has 0 saturated heterocycles. The van der Waals surface area contributed by atoms with Gasteiger partial charge in [0, 0.05) is 11.1 Å². The minimum absolute atomic E-state index is 0.0660. The molecule has 1 atom stereocenters. The molecule has 0 fully saturated rings. The molecule has 0 spiro atoms. The Morgan fingerprint density at radius 1 is 1.16 bits per heavy atom. The number of hydrogen-bond donors (Lipinski definition) is 2. The van der Waals surface area contributed by atoms with Gasteiger partial charge in [-0.1, -0.05) is 39.7 Å². The Kier molecular flexibility index (Phi) is 8.05. The number of halogens is 8. The van der Waals surface area contributed by atoms with Gasteiger partial charge < -0.3 is 20.2 Å². The van der Waals surface area contributed by atoms with E-state index in [0.29, 0.717) is 35.3 Å². The summed E-state index contributed by atoms with van der Waals surface area (Å²) in [6.45, 7) is -1.50. The number of rotatable bonds is 7. The predicted molar refractivity (Wildman–Crippen MR) is 126 cm³/mol. The third-order valence-electron chi connectivity index (χ3n) is 5.86. The summed E-state index contributed by atoms with van der Waals surface area (Å²) >= 11 is 12.4. The number of nitrogens with zero attached hydrogens (tertiary/aromatic N) is 1. The molecule has 38 heavy (non-hydrogen) atoms. The van der Waals surface area contributed by atoms with Gasteiger partial charge >= 0.3 is 12.3 Å². The third kappa shape index (κ3) is 5.52. The number of carbonyl (C=O) groups is 2. The summed E-state index contributed by atoms with van der Waals surface area (Å²) in [5.41, 5.74) is -2.34. The lowest BCUT2D eigenvalue weighted by Crippen LogP contribution is -2.42. The maximum Gasteiger partial charge on any atom is 0.435 e. The van der Waals surface area contributed by atoms with Crippen molar-refractivity contribution in [1.82, 2.24) is 10.6 Å². The Hall–Kier alpha value is -2.71. The first-order valence-electron chi connectivity index (χ1n) is 10.9. The molecule has 2 amide bonds. The van der Waals surface area contributed by atoms with Gasteiger partial charge in [-0.3, -0.25) is 4.79 Å². The minimum Gasteiger partial charge on any atom is -0.399 e. The Morgan fingerprint density at radius 3 is 2.45 bits per heavy atom. The molecular formula is C22H17Cl2F6N3O4S. The molecule has 1 aromatic carbocycles. The summed E-state index contributed by atoms with van der Waals surface area (Å²) in [6.07, 6.45) is -7.98. The molecule has 206 valence electrons. The van der Waals surface area contributed by atoms with E-state index in [4.69, 9.17) is 32.8 Å². The average Bonchev–Trinajstić information content (AvgIpc) is 3.56. The molecule has 4 rings (SSSR count). The standard InChI is InChI=1S/C22H17Cl2F6N3O4S/c23-12-4-9(5-13(24)17(12)27)21(22(28,29)30)6-14(33-37-21)18-10-2-1-3-11(10)19(38-18)36-20(35)32-8-16(34)31-7-15(25)26/h4-5,15H,1-3,6-8H2,(H,31,34)(H,32,35)/t21-/m0/s1. The molecule has 1 aliphatic heterocycles. The van der Waals surface area contributed by atoms with E-state index in [1.165, 1.54) is 0 Å². The van der Waals surface area contributed by atoms with E-state index in [9.17, 15) is 35.9 Å². The van der Waals surface area contributed by atoms with E-state index in [0.717, 1.165) is 23.5 Å². The molecule has 0 bridgehead atoms. The first-order valence-corrected chi connectivity index (χ1v) is 12.5. The molecule has 2 aliphatic rings. The fourth-order valence-electron chi connectivity index (χ4n) is 4.09. The van der Waals surface area contributed by atoms with Crippen molar-refractivity contribution in [2.75, 3.05) is 13.1 Å². The van der Waals surface area contributed by atoms with Crippen LogP contribution >= 0.6 is 34.5 Å². The zero-order valence-corrected chi connectivity index (χ0v) is 21.3. The molecule has 2 N–H and O–H groups in total. The van der Waals surface area contributed by atoms with Crippen LogP contribution in [0.2, 0.25) is 10.0 Å². The Labute approximate surface area is 225 Å². The van der Waals surface area contributed by atoms with Gasteiger partial charge in [-0.25, -0.2) is 18.0 Å². The molecule has 16 heteroatoms. The number of alkyl halides is 5. The molecule has 1 aromatic heterocycles. The lowest BCUT2D eigenvalue weighted by molar-refractivity contribution is -0.275. The van der Waals surface area contributed by atoms with Crippen LogP contribution in [0.1, 0.15) is 34.4 Å². The van der Waals surface area contributed by atoms with Crippen molar-refractivity contribution in [3.05, 3.63) is 49.6 Å². The number of nitrogens with one attached hydrogen (secondary N) is 2. The summed E-state index contributed by atoms with van der Waals surface area (Å²) in [5.74, 6) is -1.93. The third-order valence-corrected chi connectivity index (χ3v) is 7.61. The fourth-order valence-corrected chi connectivity index (χ4v) is 5.81. The number of fused-ring (bicyclic) bond motifs is 1. The van der Waals surface area contributed by atoms with Gasteiger partial charge in [0.25, 0.3) is 12.0 Å². The van der Waals surface area contributed by atoms with E-state index in [-0.39, 0.29) is 10.8 Å². The number of oxime groups is 1. The van der Waals surface area contributed by atoms with Crippen molar-refractivity contribution >= 4 is 52.3 Å². The summed E-state index contributed by atoms with van der Waals surface area (Å²) in [4.78, 5) is 29.0. The Balaban J connectivity index is 1.55. The van der Waals surface area contributed by atoms with E-state index in [1.807, 2.05) is 5.32 Å². The van der Waals surface area contributed by atoms with Crippen molar-refractivity contribution in [2.24, 2.45) is 5.16 Å². The van der Waals surface area contributed by atoms with Crippen LogP contribution in [0.15, 0.2) is 17.3 Å². The van der Waals surface area contributed by atoms with Crippen LogP contribution in [-0.2, 0) is 28.1 Å². The maximum absolute atomic E-state index is 14.3. The minimum atomic E-state index is -4.99. The van der Waals surface area contributed by atoms with Crippen LogP contribution in [0.25, 0.3) is 0 Å². The second kappa shape index (κ2) is 10.8. The molecule has 0 unspecified atom stereocenters. The van der Waals surface area contributed by atoms with Crippen molar-refractivity contribution in [2.45, 2.75) is 43.9 Å². The number of amides is 2. The predicted octanol–water partition coefficient (Wildman–Crippen LogP) is 5.73. The van der Waals surface area contributed by atoms with Crippen LogP contribution in [0.4, 0.5) is 31.1 Å². The Bertz CT molecular complexity index is 1280. The normalized spacial score (nSPS) is 18.7. The van der Waals surface area contributed by atoms with Gasteiger partial charge in [0.15, 0.2) is 10.9 Å².